The zero-order chi connectivity index (χ0) is 10.2. The Morgan fingerprint density at radius 2 is 2.07 bits per heavy atom. The van der Waals surface area contributed by atoms with E-state index in [2.05, 4.69) is 18.6 Å². The summed E-state index contributed by atoms with van der Waals surface area (Å²) in [6.45, 7) is 5.20. The van der Waals surface area contributed by atoms with Crippen molar-refractivity contribution < 1.29 is 8.42 Å². The van der Waals surface area contributed by atoms with Crippen molar-refractivity contribution in [3.05, 3.63) is 0 Å². The molecule has 2 bridgehead atoms. The first-order valence-electron chi connectivity index (χ1n) is 5.39. The highest BCUT2D eigenvalue weighted by Gasteiger charge is 2.70. The molecular formula is C10H17NO2S. The Labute approximate surface area is 85.3 Å². The molecule has 1 spiro atoms. The molecule has 80 valence electrons. The first kappa shape index (κ1) is 9.16. The van der Waals surface area contributed by atoms with Crippen LogP contribution in [0.3, 0.4) is 0 Å². The van der Waals surface area contributed by atoms with E-state index in [0.717, 1.165) is 12.8 Å². The summed E-state index contributed by atoms with van der Waals surface area (Å²) in [5.74, 6) is 0.629. The molecule has 0 aromatic heterocycles. The van der Waals surface area contributed by atoms with E-state index in [1.54, 1.807) is 0 Å². The van der Waals surface area contributed by atoms with E-state index in [1.165, 1.54) is 6.42 Å². The van der Waals surface area contributed by atoms with Gasteiger partial charge in [-0.25, -0.2) is 13.1 Å². The Kier molecular flexibility index (Phi) is 1.43. The number of hydrogen-bond donors (Lipinski definition) is 1. The van der Waals surface area contributed by atoms with Crippen LogP contribution < -0.4 is 4.72 Å². The SMILES string of the molecule is CC1(C)[C@H]2CC[C@@]13CNS(=O)(=O)[C@H]3C2. The number of hydrogen-bond acceptors (Lipinski definition) is 2. The van der Waals surface area contributed by atoms with Crippen molar-refractivity contribution in [1.82, 2.24) is 4.72 Å². The summed E-state index contributed by atoms with van der Waals surface area (Å²) in [7, 11) is -2.99. The zero-order valence-corrected chi connectivity index (χ0v) is 9.52. The van der Waals surface area contributed by atoms with Gasteiger partial charge in [0.1, 0.15) is 0 Å². The van der Waals surface area contributed by atoms with Crippen LogP contribution >= 0.6 is 0 Å². The van der Waals surface area contributed by atoms with Gasteiger partial charge < -0.3 is 0 Å². The van der Waals surface area contributed by atoms with Crippen LogP contribution in [0.2, 0.25) is 0 Å². The van der Waals surface area contributed by atoms with Gasteiger partial charge in [-0.15, -0.1) is 0 Å². The maximum Gasteiger partial charge on any atom is 0.215 e. The molecule has 0 aromatic rings. The number of nitrogens with one attached hydrogen (secondary N) is 1. The molecule has 0 amide bonds. The van der Waals surface area contributed by atoms with E-state index in [4.69, 9.17) is 0 Å². The lowest BCUT2D eigenvalue weighted by atomic mass is 9.69. The maximum absolute atomic E-state index is 11.8. The van der Waals surface area contributed by atoms with Gasteiger partial charge in [0.15, 0.2) is 0 Å². The summed E-state index contributed by atoms with van der Waals surface area (Å²) in [5, 5.41) is -0.0938. The summed E-state index contributed by atoms with van der Waals surface area (Å²) in [6.07, 6.45) is 3.21. The Morgan fingerprint density at radius 3 is 2.64 bits per heavy atom. The largest absolute Gasteiger partial charge is 0.215 e. The van der Waals surface area contributed by atoms with Crippen LogP contribution in [0.1, 0.15) is 33.1 Å². The number of sulfonamides is 1. The molecule has 3 rings (SSSR count). The fraction of sp³-hybridized carbons (Fsp3) is 1.00. The topological polar surface area (TPSA) is 46.2 Å². The molecule has 3 aliphatic rings. The van der Waals surface area contributed by atoms with Crippen LogP contribution in [-0.4, -0.2) is 20.2 Å². The van der Waals surface area contributed by atoms with Crippen molar-refractivity contribution in [1.29, 1.82) is 0 Å². The number of fused-ring (bicyclic) bond motifs is 1. The minimum Gasteiger partial charge on any atom is -0.214 e. The Bertz CT molecular complexity index is 387. The monoisotopic (exact) mass is 215 g/mol. The fourth-order valence-electron chi connectivity index (χ4n) is 4.18. The highest BCUT2D eigenvalue weighted by Crippen LogP contribution is 2.68. The first-order chi connectivity index (χ1) is 6.40. The molecule has 3 atom stereocenters. The van der Waals surface area contributed by atoms with Crippen molar-refractivity contribution in [2.24, 2.45) is 16.7 Å². The fourth-order valence-corrected chi connectivity index (χ4v) is 6.42. The van der Waals surface area contributed by atoms with Crippen LogP contribution in [0.25, 0.3) is 0 Å². The van der Waals surface area contributed by atoms with Crippen molar-refractivity contribution in [2.75, 3.05) is 6.54 Å². The van der Waals surface area contributed by atoms with Crippen LogP contribution in [0.5, 0.6) is 0 Å². The van der Waals surface area contributed by atoms with Crippen LogP contribution in [-0.2, 0) is 10.0 Å². The summed E-state index contributed by atoms with van der Waals surface area (Å²) in [4.78, 5) is 0. The lowest BCUT2D eigenvalue weighted by Gasteiger charge is -2.36. The molecule has 1 aliphatic heterocycles. The summed E-state index contributed by atoms with van der Waals surface area (Å²) < 4.78 is 26.4. The van der Waals surface area contributed by atoms with Gasteiger partial charge in [-0.2, -0.15) is 0 Å². The second-order valence-electron chi connectivity index (χ2n) is 5.70. The minimum absolute atomic E-state index is 0.0521. The van der Waals surface area contributed by atoms with E-state index in [1.807, 2.05) is 0 Å². The molecule has 1 heterocycles. The van der Waals surface area contributed by atoms with E-state index in [-0.39, 0.29) is 16.1 Å². The molecule has 0 unspecified atom stereocenters. The Hall–Kier alpha value is -0.0900. The molecule has 2 aliphatic carbocycles. The molecule has 0 radical (unpaired) electrons. The molecule has 3 nitrogen and oxygen atoms in total. The summed E-state index contributed by atoms with van der Waals surface area (Å²) in [6, 6.07) is 0. The maximum atomic E-state index is 11.8. The van der Waals surface area contributed by atoms with Crippen molar-refractivity contribution >= 4 is 10.0 Å². The molecule has 2 saturated carbocycles. The van der Waals surface area contributed by atoms with Gasteiger partial charge in [-0.3, -0.25) is 0 Å². The predicted octanol–water partition coefficient (Wildman–Crippen LogP) is 1.11. The predicted molar refractivity (Wildman–Crippen MR) is 54.3 cm³/mol. The van der Waals surface area contributed by atoms with Gasteiger partial charge in [0.05, 0.1) is 5.25 Å². The second-order valence-corrected chi connectivity index (χ2v) is 7.65. The summed E-state index contributed by atoms with van der Waals surface area (Å²) in [5.41, 5.74) is 0.269. The highest BCUT2D eigenvalue weighted by atomic mass is 32.2. The second kappa shape index (κ2) is 2.19. The van der Waals surface area contributed by atoms with Crippen molar-refractivity contribution in [3.8, 4) is 0 Å². The van der Waals surface area contributed by atoms with Gasteiger partial charge in [0.25, 0.3) is 0 Å². The highest BCUT2D eigenvalue weighted by molar-refractivity contribution is 7.90. The minimum atomic E-state index is -2.99. The molecule has 1 saturated heterocycles. The Morgan fingerprint density at radius 1 is 1.36 bits per heavy atom. The Balaban J connectivity index is 2.17. The standard InChI is InChI=1S/C10H17NO2S/c1-9(2)7-3-4-10(9)6-11-14(12,13)8(10)5-7/h7-8,11H,3-6H2,1-2H3/t7-,8-,10-/m0/s1. The molecule has 4 heteroatoms. The van der Waals surface area contributed by atoms with Gasteiger partial charge >= 0.3 is 0 Å². The molecule has 14 heavy (non-hydrogen) atoms. The van der Waals surface area contributed by atoms with Crippen LogP contribution in [0, 0.1) is 16.7 Å². The third-order valence-electron chi connectivity index (χ3n) is 5.32. The van der Waals surface area contributed by atoms with Crippen molar-refractivity contribution in [3.63, 3.8) is 0 Å². The number of rotatable bonds is 0. The van der Waals surface area contributed by atoms with Gasteiger partial charge in [0, 0.05) is 12.0 Å². The van der Waals surface area contributed by atoms with Crippen LogP contribution in [0.15, 0.2) is 0 Å². The van der Waals surface area contributed by atoms with Gasteiger partial charge in [0.2, 0.25) is 10.0 Å². The molecule has 1 N–H and O–H groups in total. The normalized spacial score (nSPS) is 52.1. The average molecular weight is 215 g/mol. The summed E-state index contributed by atoms with van der Waals surface area (Å²) >= 11 is 0. The van der Waals surface area contributed by atoms with Crippen molar-refractivity contribution in [2.45, 2.75) is 38.4 Å². The average Bonchev–Trinajstić information content (AvgIpc) is 2.60. The zero-order valence-electron chi connectivity index (χ0n) is 8.71. The molecule has 3 fully saturated rings. The van der Waals surface area contributed by atoms with Gasteiger partial charge in [-0.1, -0.05) is 13.8 Å². The van der Waals surface area contributed by atoms with Crippen LogP contribution in [0.4, 0.5) is 0 Å². The van der Waals surface area contributed by atoms with E-state index in [0.29, 0.717) is 12.5 Å². The van der Waals surface area contributed by atoms with E-state index < -0.39 is 10.0 Å². The van der Waals surface area contributed by atoms with Gasteiger partial charge in [-0.05, 0) is 30.6 Å². The third kappa shape index (κ3) is 0.735. The molecular weight excluding hydrogens is 198 g/mol. The quantitative estimate of drug-likeness (QED) is 0.658. The lowest BCUT2D eigenvalue weighted by Crippen LogP contribution is -2.38. The lowest BCUT2D eigenvalue weighted by molar-refractivity contribution is 0.146. The molecule has 0 aromatic carbocycles. The first-order valence-corrected chi connectivity index (χ1v) is 6.93. The van der Waals surface area contributed by atoms with E-state index in [9.17, 15) is 8.42 Å². The smallest absolute Gasteiger partial charge is 0.214 e. The third-order valence-corrected chi connectivity index (χ3v) is 7.26. The van der Waals surface area contributed by atoms with E-state index >= 15 is 0 Å².